The number of ether oxygens (including phenoxy) is 2. The third-order valence-corrected chi connectivity index (χ3v) is 2.34. The van der Waals surface area contributed by atoms with Crippen LogP contribution in [0.3, 0.4) is 0 Å². The van der Waals surface area contributed by atoms with Gasteiger partial charge in [0.2, 0.25) is 0 Å². The van der Waals surface area contributed by atoms with E-state index in [1.54, 1.807) is 0 Å². The van der Waals surface area contributed by atoms with Gasteiger partial charge in [-0.3, -0.25) is 0 Å². The van der Waals surface area contributed by atoms with E-state index in [-0.39, 0.29) is 6.29 Å². The Morgan fingerprint density at radius 3 is 3.00 bits per heavy atom. The third kappa shape index (κ3) is 0.937. The second-order valence-electron chi connectivity index (χ2n) is 3.01. The Morgan fingerprint density at radius 1 is 1.55 bits per heavy atom. The van der Waals surface area contributed by atoms with Crippen molar-refractivity contribution in [1.82, 2.24) is 0 Å². The van der Waals surface area contributed by atoms with Crippen LogP contribution in [0.2, 0.25) is 0 Å². The van der Waals surface area contributed by atoms with Gasteiger partial charge in [0.05, 0.1) is 6.61 Å². The second kappa shape index (κ2) is 2.19. The lowest BCUT2D eigenvalue weighted by atomic mass is 9.97. The molecular weight excluding hydrogens is 148 g/mol. The maximum absolute atomic E-state index is 10.8. The fourth-order valence-electron chi connectivity index (χ4n) is 1.64. The first kappa shape index (κ1) is 7.06. The molecule has 2 rings (SSSR count). The Morgan fingerprint density at radius 2 is 2.36 bits per heavy atom. The average Bonchev–Trinajstić information content (AvgIpc) is 2.29. The van der Waals surface area contributed by atoms with E-state index in [1.807, 2.05) is 0 Å². The minimum atomic E-state index is -0.914. The van der Waals surface area contributed by atoms with Crippen LogP contribution in [0.4, 0.5) is 0 Å². The standard InChI is InChI=1S/C7H10O4/c8-6(9)7-2-1-5(11-7)10-4-3-7/h5H,1-4H2,(H,8,9). The number of carbonyl (C=O) groups is 1. The Kier molecular flexibility index (Phi) is 1.40. The zero-order valence-corrected chi connectivity index (χ0v) is 6.08. The molecule has 0 spiro atoms. The van der Waals surface area contributed by atoms with E-state index >= 15 is 0 Å². The minimum Gasteiger partial charge on any atom is -0.479 e. The fourth-order valence-corrected chi connectivity index (χ4v) is 1.64. The highest BCUT2D eigenvalue weighted by Gasteiger charge is 2.49. The zero-order valence-electron chi connectivity index (χ0n) is 6.08. The molecule has 2 bridgehead atoms. The van der Waals surface area contributed by atoms with Crippen molar-refractivity contribution < 1.29 is 19.4 Å². The molecule has 2 atom stereocenters. The Hall–Kier alpha value is -0.610. The molecule has 0 saturated carbocycles. The Balaban J connectivity index is 2.19. The van der Waals surface area contributed by atoms with Crippen molar-refractivity contribution in [3.05, 3.63) is 0 Å². The molecule has 0 aromatic rings. The first-order valence-electron chi connectivity index (χ1n) is 3.76. The van der Waals surface area contributed by atoms with Gasteiger partial charge in [-0.25, -0.2) is 4.79 Å². The highest BCUT2D eigenvalue weighted by Crippen LogP contribution is 2.37. The number of rotatable bonds is 1. The topological polar surface area (TPSA) is 55.8 Å². The summed E-state index contributed by atoms with van der Waals surface area (Å²) in [7, 11) is 0. The molecule has 2 saturated heterocycles. The third-order valence-electron chi connectivity index (χ3n) is 2.34. The summed E-state index contributed by atoms with van der Waals surface area (Å²) in [5, 5.41) is 8.83. The SMILES string of the molecule is O=C(O)C12CCOC(CC1)O2. The summed E-state index contributed by atoms with van der Waals surface area (Å²) < 4.78 is 10.4. The van der Waals surface area contributed by atoms with Gasteiger partial charge in [-0.1, -0.05) is 0 Å². The van der Waals surface area contributed by atoms with Gasteiger partial charge in [0.25, 0.3) is 0 Å². The molecule has 4 heteroatoms. The van der Waals surface area contributed by atoms with Crippen molar-refractivity contribution in [2.75, 3.05) is 6.61 Å². The quantitative estimate of drug-likeness (QED) is 0.598. The number of carboxylic acids is 1. The predicted octanol–water partition coefficient (Wildman–Crippen LogP) is 0.367. The van der Waals surface area contributed by atoms with E-state index in [0.717, 1.165) is 0 Å². The first-order chi connectivity index (χ1) is 5.23. The number of aliphatic carboxylic acids is 1. The molecule has 2 aliphatic heterocycles. The van der Waals surface area contributed by atoms with E-state index in [1.165, 1.54) is 0 Å². The van der Waals surface area contributed by atoms with Crippen LogP contribution in [0.5, 0.6) is 0 Å². The van der Waals surface area contributed by atoms with Gasteiger partial charge in [-0.2, -0.15) is 0 Å². The molecule has 2 heterocycles. The summed E-state index contributed by atoms with van der Waals surface area (Å²) in [5.41, 5.74) is -0.914. The normalized spacial score (nSPS) is 42.4. The van der Waals surface area contributed by atoms with Gasteiger partial charge in [0.15, 0.2) is 11.9 Å². The van der Waals surface area contributed by atoms with Crippen molar-refractivity contribution in [3.8, 4) is 0 Å². The molecule has 11 heavy (non-hydrogen) atoms. The average molecular weight is 158 g/mol. The molecule has 2 aliphatic rings. The smallest absolute Gasteiger partial charge is 0.336 e. The molecule has 1 N–H and O–H groups in total. The van der Waals surface area contributed by atoms with E-state index in [2.05, 4.69) is 0 Å². The summed E-state index contributed by atoms with van der Waals surface area (Å²) in [4.78, 5) is 10.8. The van der Waals surface area contributed by atoms with E-state index in [9.17, 15) is 4.79 Å². The molecule has 2 unspecified atom stereocenters. The Bertz CT molecular complexity index is 187. The maximum atomic E-state index is 10.8. The van der Waals surface area contributed by atoms with Crippen LogP contribution in [0.15, 0.2) is 0 Å². The van der Waals surface area contributed by atoms with Crippen LogP contribution in [-0.2, 0) is 14.3 Å². The first-order valence-corrected chi connectivity index (χ1v) is 3.76. The number of hydrogen-bond acceptors (Lipinski definition) is 3. The molecule has 0 aromatic heterocycles. The minimum absolute atomic E-state index is 0.264. The zero-order chi connectivity index (χ0) is 7.90. The highest BCUT2D eigenvalue weighted by atomic mass is 16.7. The van der Waals surface area contributed by atoms with Crippen LogP contribution < -0.4 is 0 Å². The molecule has 0 radical (unpaired) electrons. The highest BCUT2D eigenvalue weighted by molar-refractivity contribution is 5.77. The molecule has 0 amide bonds. The van der Waals surface area contributed by atoms with E-state index < -0.39 is 11.6 Å². The van der Waals surface area contributed by atoms with Crippen LogP contribution >= 0.6 is 0 Å². The number of carboxylic acid groups (broad SMARTS) is 1. The van der Waals surface area contributed by atoms with Crippen molar-refractivity contribution >= 4 is 5.97 Å². The van der Waals surface area contributed by atoms with Crippen molar-refractivity contribution in [3.63, 3.8) is 0 Å². The lowest BCUT2D eigenvalue weighted by molar-refractivity contribution is -0.224. The van der Waals surface area contributed by atoms with Gasteiger partial charge < -0.3 is 14.6 Å². The van der Waals surface area contributed by atoms with Crippen LogP contribution in [0.25, 0.3) is 0 Å². The molecular formula is C7H10O4. The summed E-state index contributed by atoms with van der Waals surface area (Å²) in [6.07, 6.45) is 1.53. The van der Waals surface area contributed by atoms with Crippen molar-refractivity contribution in [2.45, 2.75) is 31.2 Å². The largest absolute Gasteiger partial charge is 0.479 e. The molecule has 4 nitrogen and oxygen atoms in total. The summed E-state index contributed by atoms with van der Waals surface area (Å²) in [6.45, 7) is 0.511. The van der Waals surface area contributed by atoms with Crippen LogP contribution in [0, 0.1) is 0 Å². The van der Waals surface area contributed by atoms with Crippen molar-refractivity contribution in [1.29, 1.82) is 0 Å². The molecule has 2 fully saturated rings. The monoisotopic (exact) mass is 158 g/mol. The van der Waals surface area contributed by atoms with Gasteiger partial charge in [0.1, 0.15) is 0 Å². The second-order valence-corrected chi connectivity index (χ2v) is 3.01. The number of fused-ring (bicyclic) bond motifs is 2. The molecule has 0 aromatic carbocycles. The van der Waals surface area contributed by atoms with Crippen LogP contribution in [0.1, 0.15) is 19.3 Å². The lowest BCUT2D eigenvalue weighted by Crippen LogP contribution is -2.43. The summed E-state index contributed by atoms with van der Waals surface area (Å²) >= 11 is 0. The number of hydrogen-bond donors (Lipinski definition) is 1. The molecule has 0 aliphatic carbocycles. The lowest BCUT2D eigenvalue weighted by Gasteiger charge is -2.28. The predicted molar refractivity (Wildman–Crippen MR) is 35.0 cm³/mol. The van der Waals surface area contributed by atoms with Gasteiger partial charge >= 0.3 is 5.97 Å². The fraction of sp³-hybridized carbons (Fsp3) is 0.857. The van der Waals surface area contributed by atoms with E-state index in [0.29, 0.717) is 25.9 Å². The van der Waals surface area contributed by atoms with Gasteiger partial charge in [-0.05, 0) is 6.42 Å². The summed E-state index contributed by atoms with van der Waals surface area (Å²) in [5.74, 6) is -0.844. The van der Waals surface area contributed by atoms with Crippen molar-refractivity contribution in [2.24, 2.45) is 0 Å². The Labute approximate surface area is 64.1 Å². The summed E-state index contributed by atoms with van der Waals surface area (Å²) in [6, 6.07) is 0. The maximum Gasteiger partial charge on any atom is 0.336 e. The van der Waals surface area contributed by atoms with Gasteiger partial charge in [-0.15, -0.1) is 0 Å². The molecule has 62 valence electrons. The van der Waals surface area contributed by atoms with Crippen LogP contribution in [-0.4, -0.2) is 29.6 Å². The van der Waals surface area contributed by atoms with E-state index in [4.69, 9.17) is 14.6 Å². The van der Waals surface area contributed by atoms with Gasteiger partial charge in [0, 0.05) is 12.8 Å².